The molecule has 2 amide bonds. The largest absolute Gasteiger partial charge is 0.485 e. The molecule has 48 heavy (non-hydrogen) atoms. The van der Waals surface area contributed by atoms with Crippen molar-refractivity contribution < 1.29 is 28.6 Å². The van der Waals surface area contributed by atoms with E-state index in [0.717, 1.165) is 10.0 Å². The van der Waals surface area contributed by atoms with Gasteiger partial charge in [-0.05, 0) is 85.8 Å². The van der Waals surface area contributed by atoms with Gasteiger partial charge in [0.05, 0.1) is 28.4 Å². The first kappa shape index (κ1) is 34.6. The summed E-state index contributed by atoms with van der Waals surface area (Å²) in [6, 6.07) is 21.4. The lowest BCUT2D eigenvalue weighted by Crippen LogP contribution is -2.56. The minimum absolute atomic E-state index is 0.145. The zero-order valence-electron chi connectivity index (χ0n) is 27.3. The maximum absolute atomic E-state index is 13.5. The molecule has 5 rings (SSSR count). The number of nitrogens with zero attached hydrogens (tertiary/aromatic N) is 3. The van der Waals surface area contributed by atoms with Crippen LogP contribution >= 0.6 is 15.9 Å². The number of carbonyl (C=O) groups is 3. The molecule has 1 aliphatic heterocycles. The summed E-state index contributed by atoms with van der Waals surface area (Å²) in [5, 5.41) is 6.34. The van der Waals surface area contributed by atoms with Crippen LogP contribution in [0, 0.1) is 0 Å². The number of nitrogens with one attached hydrogen (secondary N) is 2. The van der Waals surface area contributed by atoms with E-state index in [0.29, 0.717) is 60.6 Å². The molecule has 1 saturated heterocycles. The monoisotopic (exact) mass is 717 g/mol. The molecule has 2 heterocycles. The van der Waals surface area contributed by atoms with E-state index >= 15 is 0 Å². The number of fused-ring (bicyclic) bond motifs is 1. The zero-order chi connectivity index (χ0) is 34.1. The van der Waals surface area contributed by atoms with E-state index in [9.17, 15) is 14.4 Å². The predicted molar refractivity (Wildman–Crippen MR) is 186 cm³/mol. The molecule has 1 aliphatic rings. The summed E-state index contributed by atoms with van der Waals surface area (Å²) in [6.07, 6.45) is 2.41. The summed E-state index contributed by atoms with van der Waals surface area (Å²) in [5.41, 5.74) is 2.05. The number of amides is 2. The standard InChI is InChI=1S/C36H40BrN5O6/c1-36(2,3)48-35(45)42-19-17-26(21-29(42)33(43)38-18-10-20-46-34(44)25-13-8-5-9-14-25)40-30-22-39-28-16-15-27(37)32(31(28)41-30)47-23-24-11-6-4-7-12-24/h4-9,11-16,22,26,29H,10,17-21,23H2,1-3H3,(H,38,43)(H,40,41)/t26-,29-/m0/s1. The highest BCUT2D eigenvalue weighted by atomic mass is 79.9. The topological polar surface area (TPSA) is 132 Å². The number of ether oxygens (including phenoxy) is 3. The Morgan fingerprint density at radius 2 is 1.73 bits per heavy atom. The first-order valence-electron chi connectivity index (χ1n) is 16.0. The summed E-state index contributed by atoms with van der Waals surface area (Å²) < 4.78 is 17.9. The maximum atomic E-state index is 13.5. The van der Waals surface area contributed by atoms with Gasteiger partial charge < -0.3 is 24.8 Å². The molecule has 2 atom stereocenters. The van der Waals surface area contributed by atoms with Gasteiger partial charge >= 0.3 is 12.1 Å². The molecule has 12 heteroatoms. The van der Waals surface area contributed by atoms with E-state index in [2.05, 4.69) is 31.5 Å². The normalized spacial score (nSPS) is 16.2. The van der Waals surface area contributed by atoms with Gasteiger partial charge in [-0.1, -0.05) is 48.5 Å². The van der Waals surface area contributed by atoms with E-state index in [1.54, 1.807) is 51.2 Å². The Morgan fingerprint density at radius 3 is 2.46 bits per heavy atom. The van der Waals surface area contributed by atoms with Gasteiger partial charge in [-0.25, -0.2) is 14.6 Å². The first-order chi connectivity index (χ1) is 23.1. The average molecular weight is 719 g/mol. The highest BCUT2D eigenvalue weighted by molar-refractivity contribution is 9.10. The number of rotatable bonds is 11. The quantitative estimate of drug-likeness (QED) is 0.132. The molecule has 252 valence electrons. The van der Waals surface area contributed by atoms with E-state index in [-0.39, 0.29) is 25.1 Å². The third-order valence-electron chi connectivity index (χ3n) is 7.59. The third kappa shape index (κ3) is 9.43. The van der Waals surface area contributed by atoms with E-state index in [1.165, 1.54) is 4.90 Å². The number of piperidine rings is 1. The second-order valence-electron chi connectivity index (χ2n) is 12.5. The van der Waals surface area contributed by atoms with Crippen LogP contribution in [0.25, 0.3) is 11.0 Å². The van der Waals surface area contributed by atoms with Gasteiger partial charge in [-0.2, -0.15) is 0 Å². The van der Waals surface area contributed by atoms with Crippen LogP contribution in [0.5, 0.6) is 5.75 Å². The van der Waals surface area contributed by atoms with Crippen molar-refractivity contribution in [3.63, 3.8) is 0 Å². The number of carbonyl (C=O) groups excluding carboxylic acids is 3. The lowest BCUT2D eigenvalue weighted by Gasteiger charge is -2.39. The van der Waals surface area contributed by atoms with Gasteiger partial charge in [0.15, 0.2) is 5.75 Å². The molecule has 0 unspecified atom stereocenters. The Hall–Kier alpha value is -4.71. The lowest BCUT2D eigenvalue weighted by molar-refractivity contribution is -0.127. The molecule has 11 nitrogen and oxygen atoms in total. The minimum Gasteiger partial charge on any atom is -0.485 e. The van der Waals surface area contributed by atoms with Crippen LogP contribution in [0.3, 0.4) is 0 Å². The highest BCUT2D eigenvalue weighted by Gasteiger charge is 2.38. The second kappa shape index (κ2) is 15.9. The first-order valence-corrected chi connectivity index (χ1v) is 16.7. The molecule has 2 N–H and O–H groups in total. The number of esters is 1. The second-order valence-corrected chi connectivity index (χ2v) is 13.3. The molecule has 4 aromatic rings. The molecule has 0 aliphatic carbocycles. The Labute approximate surface area is 288 Å². The van der Waals surface area contributed by atoms with Crippen molar-refractivity contribution >= 4 is 50.8 Å². The van der Waals surface area contributed by atoms with Crippen molar-refractivity contribution in [1.82, 2.24) is 20.2 Å². The molecular weight excluding hydrogens is 678 g/mol. The van der Waals surface area contributed by atoms with E-state index < -0.39 is 23.7 Å². The van der Waals surface area contributed by atoms with E-state index in [1.807, 2.05) is 48.5 Å². The van der Waals surface area contributed by atoms with Crippen LogP contribution in [0.4, 0.5) is 10.6 Å². The molecule has 0 saturated carbocycles. The number of halogens is 1. The number of hydrogen-bond acceptors (Lipinski definition) is 9. The third-order valence-corrected chi connectivity index (χ3v) is 8.22. The van der Waals surface area contributed by atoms with Crippen molar-refractivity contribution in [3.8, 4) is 5.75 Å². The smallest absolute Gasteiger partial charge is 0.410 e. The fraction of sp³-hybridized carbons (Fsp3) is 0.361. The Morgan fingerprint density at radius 1 is 1.00 bits per heavy atom. The van der Waals surface area contributed by atoms with Gasteiger partial charge in [0.1, 0.15) is 29.6 Å². The van der Waals surface area contributed by atoms with Crippen LogP contribution in [0.2, 0.25) is 0 Å². The van der Waals surface area contributed by atoms with Gasteiger partial charge in [0, 0.05) is 19.1 Å². The van der Waals surface area contributed by atoms with E-state index in [4.69, 9.17) is 19.2 Å². The van der Waals surface area contributed by atoms with Crippen LogP contribution in [-0.4, -0.2) is 70.2 Å². The summed E-state index contributed by atoms with van der Waals surface area (Å²) in [7, 11) is 0. The molecule has 1 aromatic heterocycles. The van der Waals surface area contributed by atoms with Crippen molar-refractivity contribution in [3.05, 3.63) is 94.6 Å². The highest BCUT2D eigenvalue weighted by Crippen LogP contribution is 2.33. The minimum atomic E-state index is -0.787. The number of hydrogen-bond donors (Lipinski definition) is 2. The molecule has 0 bridgehead atoms. The fourth-order valence-corrected chi connectivity index (χ4v) is 5.72. The van der Waals surface area contributed by atoms with Gasteiger partial charge in [-0.3, -0.25) is 14.7 Å². The van der Waals surface area contributed by atoms with Gasteiger partial charge in [-0.15, -0.1) is 0 Å². The molecular formula is C36H40BrN5O6. The van der Waals surface area contributed by atoms with Crippen LogP contribution in [0.1, 0.15) is 56.0 Å². The predicted octanol–water partition coefficient (Wildman–Crippen LogP) is 6.51. The molecule has 0 radical (unpaired) electrons. The van der Waals surface area contributed by atoms with Crippen molar-refractivity contribution in [2.75, 3.05) is 25.0 Å². The summed E-state index contributed by atoms with van der Waals surface area (Å²) in [4.78, 5) is 49.8. The lowest BCUT2D eigenvalue weighted by atomic mass is 9.96. The Balaban J connectivity index is 1.24. The van der Waals surface area contributed by atoms with Crippen molar-refractivity contribution in [2.24, 2.45) is 0 Å². The van der Waals surface area contributed by atoms with Gasteiger partial charge in [0.25, 0.3) is 0 Å². The number of benzene rings is 3. The molecule has 3 aromatic carbocycles. The molecule has 1 fully saturated rings. The van der Waals surface area contributed by atoms with Crippen molar-refractivity contribution in [1.29, 1.82) is 0 Å². The zero-order valence-corrected chi connectivity index (χ0v) is 28.9. The summed E-state index contributed by atoms with van der Waals surface area (Å²) in [6.45, 7) is 6.46. The molecule has 0 spiro atoms. The van der Waals surface area contributed by atoms with Gasteiger partial charge in [0.2, 0.25) is 5.91 Å². The Bertz CT molecular complexity index is 1720. The van der Waals surface area contributed by atoms with Crippen LogP contribution in [0.15, 0.2) is 83.5 Å². The number of aromatic nitrogens is 2. The fourth-order valence-electron chi connectivity index (χ4n) is 5.28. The average Bonchev–Trinajstić information content (AvgIpc) is 3.07. The SMILES string of the molecule is CC(C)(C)OC(=O)N1CC[C@H](Nc2cnc3ccc(Br)c(OCc4ccccc4)c3n2)C[C@H]1C(=O)NCCCOC(=O)c1ccccc1. The van der Waals surface area contributed by atoms with Crippen LogP contribution in [-0.2, 0) is 20.9 Å². The Kier molecular flexibility index (Phi) is 11.5. The van der Waals surface area contributed by atoms with Crippen LogP contribution < -0.4 is 15.4 Å². The maximum Gasteiger partial charge on any atom is 0.410 e. The van der Waals surface area contributed by atoms with Crippen molar-refractivity contribution in [2.45, 2.75) is 64.3 Å². The summed E-state index contributed by atoms with van der Waals surface area (Å²) >= 11 is 3.60. The number of likely N-dealkylation sites (tertiary alicyclic amines) is 1. The number of anilines is 1. The summed E-state index contributed by atoms with van der Waals surface area (Å²) in [5.74, 6) is 0.379.